The van der Waals surface area contributed by atoms with Crippen molar-refractivity contribution in [2.75, 3.05) is 51.3 Å². The Bertz CT molecular complexity index is 825. The van der Waals surface area contributed by atoms with E-state index in [-0.39, 0.29) is 30.1 Å². The Labute approximate surface area is 192 Å². The van der Waals surface area contributed by atoms with Crippen LogP contribution in [0, 0.1) is 0 Å². The smallest absolute Gasteiger partial charge is 0.205 e. The molecule has 8 nitrogen and oxygen atoms in total. The quantitative estimate of drug-likeness (QED) is 0.370. The maximum atomic E-state index is 6.02. The summed E-state index contributed by atoms with van der Waals surface area (Å²) < 4.78 is 16.2. The zero-order valence-electron chi connectivity index (χ0n) is 16.7. The lowest BCUT2D eigenvalue weighted by Crippen LogP contribution is -2.54. The molecule has 1 atom stereocenters. The molecule has 158 valence electrons. The summed E-state index contributed by atoms with van der Waals surface area (Å²) in [7, 11) is 1.82. The molecule has 2 aliphatic rings. The van der Waals surface area contributed by atoms with Gasteiger partial charge in [0.05, 0.1) is 6.54 Å². The number of hydrogen-bond donors (Lipinski definition) is 1. The van der Waals surface area contributed by atoms with Gasteiger partial charge in [-0.2, -0.15) is 4.37 Å². The molecule has 10 heteroatoms. The number of aromatic nitrogens is 2. The van der Waals surface area contributed by atoms with Crippen molar-refractivity contribution in [2.45, 2.75) is 19.4 Å². The van der Waals surface area contributed by atoms with E-state index in [1.807, 2.05) is 31.3 Å². The van der Waals surface area contributed by atoms with E-state index in [0.717, 1.165) is 61.0 Å². The largest absolute Gasteiger partial charge is 0.486 e. The molecular weight excluding hydrogens is 503 g/mol. The number of fused-ring (bicyclic) bond motifs is 1. The molecule has 0 amide bonds. The van der Waals surface area contributed by atoms with Gasteiger partial charge in [-0.15, -0.1) is 24.0 Å². The van der Waals surface area contributed by atoms with Crippen LogP contribution in [0.25, 0.3) is 0 Å². The van der Waals surface area contributed by atoms with E-state index in [1.54, 1.807) is 0 Å². The average Bonchev–Trinajstić information content (AvgIpc) is 3.24. The van der Waals surface area contributed by atoms with Crippen LogP contribution < -0.4 is 19.7 Å². The first kappa shape index (κ1) is 21.9. The number of para-hydroxylation sites is 2. The number of aryl methyl sites for hydroxylation is 1. The molecule has 0 aliphatic carbocycles. The molecule has 4 rings (SSSR count). The number of hydrogen-bond acceptors (Lipinski definition) is 7. The third-order valence-electron chi connectivity index (χ3n) is 4.89. The second kappa shape index (κ2) is 10.3. The Morgan fingerprint density at radius 1 is 1.24 bits per heavy atom. The zero-order valence-corrected chi connectivity index (χ0v) is 19.9. The molecule has 0 radical (unpaired) electrons. The highest BCUT2D eigenvalue weighted by Crippen LogP contribution is 2.30. The highest BCUT2D eigenvalue weighted by Gasteiger charge is 2.24. The van der Waals surface area contributed by atoms with E-state index in [2.05, 4.69) is 36.4 Å². The fourth-order valence-corrected chi connectivity index (χ4v) is 4.13. The topological polar surface area (TPSA) is 75.1 Å². The molecule has 1 saturated heterocycles. The molecule has 0 bridgehead atoms. The first-order chi connectivity index (χ1) is 13.8. The predicted octanol–water partition coefficient (Wildman–Crippen LogP) is 2.26. The van der Waals surface area contributed by atoms with Crippen LogP contribution in [-0.4, -0.2) is 72.7 Å². The maximum Gasteiger partial charge on any atom is 0.205 e. The van der Waals surface area contributed by atoms with E-state index in [4.69, 9.17) is 9.47 Å². The Balaban J connectivity index is 0.00000240. The van der Waals surface area contributed by atoms with Crippen molar-refractivity contribution in [3.05, 3.63) is 30.1 Å². The highest BCUT2D eigenvalue weighted by atomic mass is 127. The van der Waals surface area contributed by atoms with Gasteiger partial charge in [-0.25, -0.2) is 4.98 Å². The number of halogens is 1. The lowest BCUT2D eigenvalue weighted by molar-refractivity contribution is 0.0930. The second-order valence-electron chi connectivity index (χ2n) is 6.75. The molecular formula is C19H27IN6O2S. The van der Waals surface area contributed by atoms with Gasteiger partial charge < -0.3 is 24.6 Å². The molecule has 1 aromatic carbocycles. The molecule has 2 aliphatic heterocycles. The molecule has 1 fully saturated rings. The van der Waals surface area contributed by atoms with Gasteiger partial charge in [-0.3, -0.25) is 4.99 Å². The fourth-order valence-electron chi connectivity index (χ4n) is 3.33. The third-order valence-corrected chi connectivity index (χ3v) is 5.71. The van der Waals surface area contributed by atoms with Gasteiger partial charge >= 0.3 is 0 Å². The molecule has 0 saturated carbocycles. The van der Waals surface area contributed by atoms with E-state index < -0.39 is 0 Å². The van der Waals surface area contributed by atoms with Gasteiger partial charge in [-0.1, -0.05) is 19.1 Å². The van der Waals surface area contributed by atoms with Gasteiger partial charge in [0.2, 0.25) is 5.13 Å². The molecule has 29 heavy (non-hydrogen) atoms. The van der Waals surface area contributed by atoms with E-state index in [9.17, 15) is 0 Å². The van der Waals surface area contributed by atoms with Crippen LogP contribution in [0.5, 0.6) is 11.5 Å². The van der Waals surface area contributed by atoms with E-state index in [1.165, 1.54) is 11.5 Å². The minimum atomic E-state index is -0.0400. The summed E-state index contributed by atoms with van der Waals surface area (Å²) in [6.45, 7) is 6.88. The minimum Gasteiger partial charge on any atom is -0.486 e. The van der Waals surface area contributed by atoms with Crippen molar-refractivity contribution in [1.29, 1.82) is 0 Å². The van der Waals surface area contributed by atoms with Crippen molar-refractivity contribution in [3.63, 3.8) is 0 Å². The highest BCUT2D eigenvalue weighted by molar-refractivity contribution is 14.0. The summed E-state index contributed by atoms with van der Waals surface area (Å²) in [6.07, 6.45) is 0.839. The maximum absolute atomic E-state index is 6.02. The van der Waals surface area contributed by atoms with Gasteiger partial charge in [0, 0.05) is 51.2 Å². The number of nitrogens with zero attached hydrogens (tertiary/aromatic N) is 5. The lowest BCUT2D eigenvalue weighted by atomic mass is 10.2. The Morgan fingerprint density at radius 3 is 2.69 bits per heavy atom. The number of rotatable bonds is 4. The summed E-state index contributed by atoms with van der Waals surface area (Å²) in [5, 5.41) is 4.45. The van der Waals surface area contributed by atoms with Crippen LogP contribution >= 0.6 is 35.5 Å². The standard InChI is InChI=1S/C19H26N6O2S.HI/c1-3-17-22-19(28-23-17)25-10-8-24(9-11-25)18(20-2)21-12-14-13-26-15-6-4-5-7-16(15)27-14;/h4-7,14H,3,8-13H2,1-2H3,(H,20,21);1H. The van der Waals surface area contributed by atoms with Crippen molar-refractivity contribution in [2.24, 2.45) is 4.99 Å². The third kappa shape index (κ3) is 5.21. The Kier molecular flexibility index (Phi) is 7.76. The van der Waals surface area contributed by atoms with Crippen LogP contribution in [0.1, 0.15) is 12.7 Å². The number of piperazine rings is 1. The summed E-state index contributed by atoms with van der Waals surface area (Å²) in [5.41, 5.74) is 0. The van der Waals surface area contributed by atoms with Crippen LogP contribution in [-0.2, 0) is 6.42 Å². The van der Waals surface area contributed by atoms with Crippen LogP contribution in [0.3, 0.4) is 0 Å². The van der Waals surface area contributed by atoms with Crippen LogP contribution in [0.4, 0.5) is 5.13 Å². The monoisotopic (exact) mass is 530 g/mol. The van der Waals surface area contributed by atoms with Gasteiger partial charge in [0.15, 0.2) is 17.5 Å². The zero-order chi connectivity index (χ0) is 19.3. The normalized spacial score (nSPS) is 19.0. The summed E-state index contributed by atoms with van der Waals surface area (Å²) in [6, 6.07) is 7.77. The molecule has 1 N–H and O–H groups in total. The van der Waals surface area contributed by atoms with Gasteiger partial charge in [0.25, 0.3) is 0 Å². The van der Waals surface area contributed by atoms with Crippen LogP contribution in [0.15, 0.2) is 29.3 Å². The number of benzene rings is 1. The Morgan fingerprint density at radius 2 is 2.00 bits per heavy atom. The molecule has 2 aromatic rings. The summed E-state index contributed by atoms with van der Waals surface area (Å²) >= 11 is 1.49. The average molecular weight is 530 g/mol. The SMILES string of the molecule is CCc1nsc(N2CCN(C(=NC)NCC3COc4ccccc4O3)CC2)n1.I. The van der Waals surface area contributed by atoms with Crippen molar-refractivity contribution >= 4 is 46.6 Å². The lowest BCUT2D eigenvalue weighted by Gasteiger charge is -2.36. The van der Waals surface area contributed by atoms with Gasteiger partial charge in [0.1, 0.15) is 18.5 Å². The molecule has 1 aromatic heterocycles. The number of aliphatic imine (C=N–C) groups is 1. The van der Waals surface area contributed by atoms with Gasteiger partial charge in [-0.05, 0) is 12.1 Å². The Hall–Kier alpha value is -1.82. The van der Waals surface area contributed by atoms with Crippen LogP contribution in [0.2, 0.25) is 0 Å². The first-order valence-electron chi connectivity index (χ1n) is 9.68. The first-order valence-corrected chi connectivity index (χ1v) is 10.5. The van der Waals surface area contributed by atoms with Crippen molar-refractivity contribution in [3.8, 4) is 11.5 Å². The van der Waals surface area contributed by atoms with E-state index in [0.29, 0.717) is 13.2 Å². The van der Waals surface area contributed by atoms with Crippen molar-refractivity contribution in [1.82, 2.24) is 19.6 Å². The predicted molar refractivity (Wildman–Crippen MR) is 126 cm³/mol. The van der Waals surface area contributed by atoms with Crippen molar-refractivity contribution < 1.29 is 9.47 Å². The summed E-state index contributed by atoms with van der Waals surface area (Å²) in [5.74, 6) is 3.43. The molecule has 3 heterocycles. The molecule has 0 spiro atoms. The summed E-state index contributed by atoms with van der Waals surface area (Å²) in [4.78, 5) is 13.6. The number of anilines is 1. The molecule has 1 unspecified atom stereocenters. The van der Waals surface area contributed by atoms with E-state index >= 15 is 0 Å². The minimum absolute atomic E-state index is 0. The second-order valence-corrected chi connectivity index (χ2v) is 7.48. The number of guanidine groups is 1. The number of ether oxygens (including phenoxy) is 2. The number of nitrogens with one attached hydrogen (secondary N) is 1. The fraction of sp³-hybridized carbons (Fsp3) is 0.526.